The lowest BCUT2D eigenvalue weighted by molar-refractivity contribution is -0.858. The van der Waals surface area contributed by atoms with Gasteiger partial charge in [-0.15, -0.1) is 45.3 Å². The number of quaternary nitrogens is 1. The molecule has 0 amide bonds. The topological polar surface area (TPSA) is 95.1 Å². The van der Waals surface area contributed by atoms with Gasteiger partial charge < -0.3 is 40.0 Å². The number of nitrogens with zero attached hydrogens (tertiary/aromatic N) is 3. The zero-order chi connectivity index (χ0) is 35.9. The first-order valence-corrected chi connectivity index (χ1v) is 19.9. The molecule has 0 fully saturated rings. The summed E-state index contributed by atoms with van der Waals surface area (Å²) < 4.78 is 0. The maximum atomic E-state index is 9.66. The number of rotatable bonds is 16. The zero-order valence-corrected chi connectivity index (χ0v) is 33.4. The van der Waals surface area contributed by atoms with Crippen LogP contribution in [0.25, 0.3) is 0 Å². The van der Waals surface area contributed by atoms with Crippen molar-refractivity contribution in [1.29, 1.82) is 0 Å². The van der Waals surface area contributed by atoms with E-state index in [0.29, 0.717) is 0 Å². The summed E-state index contributed by atoms with van der Waals surface area (Å²) in [6.45, 7) is 3.80. The summed E-state index contributed by atoms with van der Waals surface area (Å²) >= 11 is 6.47. The number of thiophene rings is 4. The second-order valence-corrected chi connectivity index (χ2v) is 16.6. The molecule has 0 aromatic carbocycles. The molecule has 0 radical (unpaired) electrons. The predicted octanol–water partition coefficient (Wildman–Crippen LogP) is 5.52. The van der Waals surface area contributed by atoms with Crippen molar-refractivity contribution >= 4 is 45.3 Å². The molecule has 1 unspecified atom stereocenters. The highest BCUT2D eigenvalue weighted by molar-refractivity contribution is 7.10. The molecule has 0 saturated heterocycles. The van der Waals surface area contributed by atoms with Crippen LogP contribution in [0.15, 0.2) is 70.1 Å². The molecule has 4 rings (SSSR count). The fourth-order valence-corrected chi connectivity index (χ4v) is 7.04. The normalized spacial score (nSPS) is 13.7. The van der Waals surface area contributed by atoms with Crippen molar-refractivity contribution in [2.75, 3.05) is 82.6 Å². The van der Waals surface area contributed by atoms with Crippen LogP contribution >= 0.6 is 45.3 Å². The molecule has 8 nitrogen and oxygen atoms in total. The van der Waals surface area contributed by atoms with Gasteiger partial charge in [0, 0.05) is 45.6 Å². The molecule has 0 aliphatic heterocycles. The predicted molar refractivity (Wildman–Crippen MR) is 209 cm³/mol. The fourth-order valence-electron chi connectivity index (χ4n) is 4.06. The lowest BCUT2D eigenvalue weighted by Gasteiger charge is -2.12. The highest BCUT2D eigenvalue weighted by Crippen LogP contribution is 2.23. The second-order valence-electron chi connectivity index (χ2n) is 12.6. The summed E-state index contributed by atoms with van der Waals surface area (Å²) in [5.74, 6) is 0. The molecule has 4 aromatic rings. The Morgan fingerprint density at radius 2 is 0.729 bits per heavy atom. The molecule has 272 valence electrons. The van der Waals surface area contributed by atoms with Crippen LogP contribution < -0.4 is 4.90 Å². The maximum Gasteiger partial charge on any atom is 0.0935 e. The van der Waals surface area contributed by atoms with Crippen LogP contribution in [0.3, 0.4) is 0 Å². The lowest BCUT2D eigenvalue weighted by Crippen LogP contribution is -3.05. The first kappa shape index (κ1) is 44.5. The average molecular weight is 742 g/mol. The first-order valence-electron chi connectivity index (χ1n) is 16.4. The molecule has 5 N–H and O–H groups in total. The Bertz CT molecular complexity index is 1030. The van der Waals surface area contributed by atoms with Crippen LogP contribution in [0.1, 0.15) is 69.6 Å². The standard InChI is InChI=1S/4C9H15NOS/c4*1-10(2)6-5-8(11)9-4-3-7-12-9/h4*3-4,7-8,11H,5-6H2,1-2H3/p+1/t3*8-;/m100./s1. The van der Waals surface area contributed by atoms with Gasteiger partial charge in [-0.3, -0.25) is 0 Å². The Hall–Kier alpha value is -1.52. The van der Waals surface area contributed by atoms with Gasteiger partial charge in [-0.1, -0.05) is 24.3 Å². The summed E-state index contributed by atoms with van der Waals surface area (Å²) in [5, 5.41) is 46.6. The minimum absolute atomic E-state index is 0.264. The number of aliphatic hydroxyl groups is 4. The molecule has 4 heterocycles. The van der Waals surface area contributed by atoms with Crippen molar-refractivity contribution < 1.29 is 25.3 Å². The Labute approximate surface area is 306 Å². The Kier molecular flexibility index (Phi) is 24.4. The summed E-state index contributed by atoms with van der Waals surface area (Å²) in [4.78, 5) is 11.9. The van der Waals surface area contributed by atoms with Gasteiger partial charge in [-0.05, 0) is 107 Å². The van der Waals surface area contributed by atoms with Crippen molar-refractivity contribution in [3.8, 4) is 0 Å². The van der Waals surface area contributed by atoms with E-state index in [9.17, 15) is 20.4 Å². The number of hydrogen-bond acceptors (Lipinski definition) is 11. The summed E-state index contributed by atoms with van der Waals surface area (Å²) in [6, 6.07) is 15.8. The second kappa shape index (κ2) is 26.3. The summed E-state index contributed by atoms with van der Waals surface area (Å²) in [5.41, 5.74) is 0. The van der Waals surface area contributed by atoms with Gasteiger partial charge in [0.1, 0.15) is 0 Å². The van der Waals surface area contributed by atoms with Gasteiger partial charge in [0.2, 0.25) is 0 Å². The summed E-state index contributed by atoms with van der Waals surface area (Å²) in [7, 11) is 16.3. The van der Waals surface area contributed by atoms with E-state index < -0.39 is 0 Å². The quantitative estimate of drug-likeness (QED) is 0.103. The van der Waals surface area contributed by atoms with Gasteiger partial charge in [0.15, 0.2) is 0 Å². The third kappa shape index (κ3) is 21.5. The molecule has 0 saturated carbocycles. The SMILES string of the molecule is CN(C)CCC(O)c1cccs1.CN(C)CC[C@@H](O)c1cccs1.CN(C)CC[C@H](O)c1cccs1.C[NH+](C)CC[C@H](O)c1cccs1. The smallest absolute Gasteiger partial charge is 0.0935 e. The van der Waals surface area contributed by atoms with Crippen molar-refractivity contribution in [3.05, 3.63) is 89.6 Å². The summed E-state index contributed by atoms with van der Waals surface area (Å²) in [6.07, 6.45) is 2.17. The van der Waals surface area contributed by atoms with Gasteiger partial charge in [0.05, 0.1) is 45.1 Å². The number of aliphatic hydroxyl groups excluding tert-OH is 4. The molecule has 48 heavy (non-hydrogen) atoms. The van der Waals surface area contributed by atoms with E-state index in [0.717, 1.165) is 71.4 Å². The molecule has 0 aliphatic carbocycles. The van der Waals surface area contributed by atoms with Crippen LogP contribution in [0.5, 0.6) is 0 Å². The van der Waals surface area contributed by atoms with Crippen molar-refractivity contribution in [2.24, 2.45) is 0 Å². The maximum absolute atomic E-state index is 9.66. The first-order chi connectivity index (χ1) is 22.8. The molecular weight excluding hydrogens is 681 g/mol. The van der Waals surface area contributed by atoms with Crippen LogP contribution in [0, 0.1) is 0 Å². The van der Waals surface area contributed by atoms with Crippen LogP contribution in [-0.2, 0) is 0 Å². The van der Waals surface area contributed by atoms with Crippen LogP contribution in [-0.4, -0.2) is 118 Å². The highest BCUT2D eigenvalue weighted by atomic mass is 32.1. The van der Waals surface area contributed by atoms with Crippen molar-refractivity contribution in [2.45, 2.75) is 50.1 Å². The van der Waals surface area contributed by atoms with Crippen LogP contribution in [0.2, 0.25) is 0 Å². The van der Waals surface area contributed by atoms with Gasteiger partial charge in [-0.25, -0.2) is 0 Å². The monoisotopic (exact) mass is 741 g/mol. The van der Waals surface area contributed by atoms with Gasteiger partial charge in [0.25, 0.3) is 0 Å². The molecular formula is C36H61N4O4S4+. The van der Waals surface area contributed by atoms with Crippen LogP contribution in [0.4, 0.5) is 0 Å². The average Bonchev–Trinajstić information content (AvgIpc) is 3.89. The highest BCUT2D eigenvalue weighted by Gasteiger charge is 2.11. The van der Waals surface area contributed by atoms with E-state index in [1.54, 1.807) is 45.3 Å². The molecule has 0 spiro atoms. The van der Waals surface area contributed by atoms with Gasteiger partial charge >= 0.3 is 0 Å². The van der Waals surface area contributed by atoms with E-state index in [2.05, 4.69) is 28.8 Å². The number of hydrogen-bond donors (Lipinski definition) is 5. The lowest BCUT2D eigenvalue weighted by atomic mass is 10.2. The Balaban J connectivity index is 0.000000320. The van der Waals surface area contributed by atoms with Crippen molar-refractivity contribution in [1.82, 2.24) is 14.7 Å². The molecule has 12 heteroatoms. The molecule has 4 aromatic heterocycles. The van der Waals surface area contributed by atoms with E-state index in [1.807, 2.05) is 112 Å². The van der Waals surface area contributed by atoms with Crippen molar-refractivity contribution in [3.63, 3.8) is 0 Å². The fraction of sp³-hybridized carbons (Fsp3) is 0.556. The minimum Gasteiger partial charge on any atom is -0.388 e. The Morgan fingerprint density at radius 1 is 0.479 bits per heavy atom. The van der Waals surface area contributed by atoms with Gasteiger partial charge in [-0.2, -0.15) is 0 Å². The van der Waals surface area contributed by atoms with E-state index in [1.165, 1.54) is 4.90 Å². The molecule has 4 atom stereocenters. The number of nitrogens with one attached hydrogen (secondary N) is 1. The Morgan fingerprint density at radius 3 is 0.917 bits per heavy atom. The zero-order valence-electron chi connectivity index (χ0n) is 30.2. The minimum atomic E-state index is -0.285. The molecule has 0 bridgehead atoms. The third-order valence-electron chi connectivity index (χ3n) is 6.95. The largest absolute Gasteiger partial charge is 0.388 e. The third-order valence-corrected chi connectivity index (χ3v) is 10.8. The van der Waals surface area contributed by atoms with E-state index in [-0.39, 0.29) is 24.4 Å². The molecule has 0 aliphatic rings. The van der Waals surface area contributed by atoms with E-state index >= 15 is 0 Å². The van der Waals surface area contributed by atoms with E-state index in [4.69, 9.17) is 0 Å².